The van der Waals surface area contributed by atoms with Crippen molar-refractivity contribution < 1.29 is 13.9 Å². The summed E-state index contributed by atoms with van der Waals surface area (Å²) in [4.78, 5) is 16.9. The van der Waals surface area contributed by atoms with E-state index in [0.29, 0.717) is 22.7 Å². The number of Topliss-reactive ketones (excluding diaryl/α,β-unsaturated/α-hetero) is 1. The van der Waals surface area contributed by atoms with Gasteiger partial charge >= 0.3 is 0 Å². The smallest absolute Gasteiger partial charge is 0.188 e. The van der Waals surface area contributed by atoms with Crippen LogP contribution in [0.2, 0.25) is 5.02 Å². The molecule has 0 atom stereocenters. The van der Waals surface area contributed by atoms with Gasteiger partial charge in [-0.1, -0.05) is 40.5 Å². The summed E-state index contributed by atoms with van der Waals surface area (Å²) in [5.41, 5.74) is 2.13. The van der Waals surface area contributed by atoms with E-state index in [0.717, 1.165) is 16.5 Å². The van der Waals surface area contributed by atoms with E-state index >= 15 is 4.39 Å². The van der Waals surface area contributed by atoms with Crippen LogP contribution in [0.4, 0.5) is 4.39 Å². The normalized spacial score (nSPS) is 11.3. The van der Waals surface area contributed by atoms with Crippen LogP contribution in [0.15, 0.2) is 35.1 Å². The van der Waals surface area contributed by atoms with Gasteiger partial charge in [-0.2, -0.15) is 0 Å². The minimum atomic E-state index is -0.495. The van der Waals surface area contributed by atoms with Gasteiger partial charge in [-0.25, -0.2) is 9.37 Å². The lowest BCUT2D eigenvalue weighted by atomic mass is 9.95. The van der Waals surface area contributed by atoms with Gasteiger partial charge in [-0.3, -0.25) is 4.79 Å². The molecular formula is C20H19BrClFN2O2. The number of nitrogens with zero attached hydrogens (tertiary/aromatic N) is 2. The summed E-state index contributed by atoms with van der Waals surface area (Å²) < 4.78 is 23.2. The number of benzene rings is 2. The van der Waals surface area contributed by atoms with Crippen LogP contribution < -0.4 is 0 Å². The number of ether oxygens (including phenoxy) is 1. The average Bonchev–Trinajstić information content (AvgIpc) is 3.00. The maximum absolute atomic E-state index is 15.3. The van der Waals surface area contributed by atoms with Crippen molar-refractivity contribution in [3.8, 4) is 0 Å². The molecule has 27 heavy (non-hydrogen) atoms. The summed E-state index contributed by atoms with van der Waals surface area (Å²) in [6.07, 6.45) is 2.54. The molecule has 3 aromatic rings. The second kappa shape index (κ2) is 8.50. The molecule has 0 saturated heterocycles. The largest absolute Gasteiger partial charge is 0.373 e. The molecule has 0 aliphatic carbocycles. The second-order valence-electron chi connectivity index (χ2n) is 6.33. The Bertz CT molecular complexity index is 1000. The highest BCUT2D eigenvalue weighted by molar-refractivity contribution is 9.10. The molecular weight excluding hydrogens is 435 g/mol. The van der Waals surface area contributed by atoms with Gasteiger partial charge in [0.2, 0.25) is 0 Å². The Morgan fingerprint density at radius 2 is 2.15 bits per heavy atom. The molecule has 2 aromatic carbocycles. The van der Waals surface area contributed by atoms with Gasteiger partial charge in [0.1, 0.15) is 12.1 Å². The summed E-state index contributed by atoms with van der Waals surface area (Å²) in [5, 5.41) is 0.505. The molecule has 0 bridgehead atoms. The molecule has 4 nitrogen and oxygen atoms in total. The third-order valence-corrected chi connectivity index (χ3v) is 5.17. The molecule has 3 rings (SSSR count). The Balaban J connectivity index is 2.09. The van der Waals surface area contributed by atoms with Crippen LogP contribution in [0.1, 0.15) is 34.8 Å². The number of hydrogen-bond acceptors (Lipinski definition) is 3. The van der Waals surface area contributed by atoms with Gasteiger partial charge in [-0.05, 0) is 30.2 Å². The molecule has 0 fully saturated rings. The summed E-state index contributed by atoms with van der Waals surface area (Å²) in [6.45, 7) is 2.36. The van der Waals surface area contributed by atoms with Gasteiger partial charge in [0.15, 0.2) is 11.6 Å². The van der Waals surface area contributed by atoms with E-state index in [1.54, 1.807) is 23.7 Å². The molecule has 1 heterocycles. The highest BCUT2D eigenvalue weighted by Gasteiger charge is 2.22. The van der Waals surface area contributed by atoms with Gasteiger partial charge in [-0.15, -0.1) is 0 Å². The lowest BCUT2D eigenvalue weighted by Gasteiger charge is -2.13. The van der Waals surface area contributed by atoms with Crippen molar-refractivity contribution in [1.29, 1.82) is 0 Å². The van der Waals surface area contributed by atoms with Gasteiger partial charge in [0.05, 0.1) is 11.8 Å². The average molecular weight is 454 g/mol. The zero-order chi connectivity index (χ0) is 19.6. The molecule has 0 spiro atoms. The van der Waals surface area contributed by atoms with Crippen molar-refractivity contribution >= 4 is 44.3 Å². The van der Waals surface area contributed by atoms with Gasteiger partial charge in [0, 0.05) is 40.7 Å². The van der Waals surface area contributed by atoms with Crippen LogP contribution in [0.5, 0.6) is 0 Å². The Hall–Kier alpha value is -1.76. The second-order valence-corrected chi connectivity index (χ2v) is 7.65. The van der Waals surface area contributed by atoms with E-state index < -0.39 is 5.82 Å². The van der Waals surface area contributed by atoms with E-state index in [4.69, 9.17) is 16.3 Å². The third-order valence-electron chi connectivity index (χ3n) is 4.33. The first-order chi connectivity index (χ1) is 12.9. The Morgan fingerprint density at radius 3 is 2.85 bits per heavy atom. The Morgan fingerprint density at radius 1 is 1.37 bits per heavy atom. The van der Waals surface area contributed by atoms with Crippen molar-refractivity contribution in [2.75, 3.05) is 13.2 Å². The van der Waals surface area contributed by atoms with Crippen molar-refractivity contribution in [1.82, 2.24) is 9.55 Å². The van der Waals surface area contributed by atoms with Crippen LogP contribution >= 0.6 is 27.5 Å². The first-order valence-corrected chi connectivity index (χ1v) is 9.76. The summed E-state index contributed by atoms with van der Waals surface area (Å²) in [6, 6.07) is 7.09. The molecule has 7 heteroatoms. The van der Waals surface area contributed by atoms with Crippen LogP contribution in [0.3, 0.4) is 0 Å². The molecule has 0 aliphatic rings. The summed E-state index contributed by atoms with van der Waals surface area (Å²) >= 11 is 9.67. The zero-order valence-electron chi connectivity index (χ0n) is 15.1. The first-order valence-electron chi connectivity index (χ1n) is 8.59. The van der Waals surface area contributed by atoms with Gasteiger partial charge in [0.25, 0.3) is 0 Å². The number of ketones is 1. The standard InChI is InChI=1S/C20H19BrClFN2O2/c1-3-6-27-10-18(26)14-9-17-20(24-11-25(17)2)19(23)15(14)7-12-4-5-13(21)8-16(12)22/h4-5,8-9,11H,3,6-7,10H2,1-2H3. The molecule has 1 aromatic heterocycles. The topological polar surface area (TPSA) is 44.1 Å². The van der Waals surface area contributed by atoms with Crippen LogP contribution in [0.25, 0.3) is 11.0 Å². The molecule has 0 saturated carbocycles. The minimum absolute atomic E-state index is 0.0856. The maximum Gasteiger partial charge on any atom is 0.188 e. The maximum atomic E-state index is 15.3. The summed E-state index contributed by atoms with van der Waals surface area (Å²) in [7, 11) is 1.77. The molecule has 142 valence electrons. The Labute approximate surface area is 170 Å². The van der Waals surface area contributed by atoms with E-state index in [2.05, 4.69) is 20.9 Å². The number of imidazole rings is 1. The number of hydrogen-bond donors (Lipinski definition) is 0. The highest BCUT2D eigenvalue weighted by Crippen LogP contribution is 2.29. The number of halogens is 3. The highest BCUT2D eigenvalue weighted by atomic mass is 79.9. The van der Waals surface area contributed by atoms with Gasteiger partial charge < -0.3 is 9.30 Å². The number of carbonyl (C=O) groups excluding carboxylic acids is 1. The fourth-order valence-corrected chi connectivity index (χ4v) is 3.67. The van der Waals surface area contributed by atoms with Crippen LogP contribution in [-0.2, 0) is 18.2 Å². The lowest BCUT2D eigenvalue weighted by molar-refractivity contribution is 0.0760. The molecule has 0 unspecified atom stereocenters. The lowest BCUT2D eigenvalue weighted by Crippen LogP contribution is -2.14. The first kappa shape index (κ1) is 20.0. The SMILES string of the molecule is CCCOCC(=O)c1cc2c(ncn2C)c(F)c1Cc1ccc(Br)cc1Cl. The number of rotatable bonds is 7. The zero-order valence-corrected chi connectivity index (χ0v) is 17.4. The molecule has 0 radical (unpaired) electrons. The van der Waals surface area contributed by atoms with E-state index in [1.165, 1.54) is 6.33 Å². The predicted molar refractivity (Wildman–Crippen MR) is 108 cm³/mol. The van der Waals surface area contributed by atoms with Crippen molar-refractivity contribution in [3.05, 3.63) is 62.6 Å². The summed E-state index contributed by atoms with van der Waals surface area (Å²) in [5.74, 6) is -0.750. The monoisotopic (exact) mass is 452 g/mol. The Kier molecular flexibility index (Phi) is 6.29. The van der Waals surface area contributed by atoms with Crippen LogP contribution in [-0.4, -0.2) is 28.5 Å². The quantitative estimate of drug-likeness (QED) is 0.359. The molecule has 0 aliphatic heterocycles. The van der Waals surface area contributed by atoms with E-state index in [1.807, 2.05) is 19.1 Å². The number of aromatic nitrogens is 2. The fraction of sp³-hybridized carbons (Fsp3) is 0.300. The van der Waals surface area contributed by atoms with Crippen molar-refractivity contribution in [3.63, 3.8) is 0 Å². The van der Waals surface area contributed by atoms with Crippen LogP contribution in [0, 0.1) is 5.82 Å². The van der Waals surface area contributed by atoms with Crippen molar-refractivity contribution in [2.45, 2.75) is 19.8 Å². The molecule has 0 amide bonds. The number of carbonyl (C=O) groups is 1. The number of fused-ring (bicyclic) bond motifs is 1. The van der Waals surface area contributed by atoms with E-state index in [9.17, 15) is 4.79 Å². The third kappa shape index (κ3) is 4.23. The molecule has 0 N–H and O–H groups in total. The predicted octanol–water partition coefficient (Wildman–Crippen LogP) is 5.33. The number of aryl methyl sites for hydroxylation is 1. The fourth-order valence-electron chi connectivity index (χ4n) is 2.93. The minimum Gasteiger partial charge on any atom is -0.373 e. The van der Waals surface area contributed by atoms with E-state index in [-0.39, 0.29) is 29.9 Å². The van der Waals surface area contributed by atoms with Crippen molar-refractivity contribution in [2.24, 2.45) is 7.05 Å².